The minimum atomic E-state index is -3.11. The summed E-state index contributed by atoms with van der Waals surface area (Å²) >= 11 is 0. The van der Waals surface area contributed by atoms with E-state index in [1.807, 2.05) is 0 Å². The van der Waals surface area contributed by atoms with Crippen LogP contribution in [0.4, 0.5) is 0 Å². The predicted molar refractivity (Wildman–Crippen MR) is 68.9 cm³/mol. The minimum absolute atomic E-state index is 0.0521. The summed E-state index contributed by atoms with van der Waals surface area (Å²) in [5.74, 6) is -1.74. The van der Waals surface area contributed by atoms with Gasteiger partial charge in [0.15, 0.2) is 11.5 Å². The topological polar surface area (TPSA) is 74.4 Å². The first-order valence-corrected chi connectivity index (χ1v) is 5.02. The highest BCUT2D eigenvalue weighted by Gasteiger charge is 2.09. The second-order valence-electron chi connectivity index (χ2n) is 3.48. The molecular formula is C13H16N2O3. The van der Waals surface area contributed by atoms with E-state index in [1.165, 1.54) is 25.4 Å². The summed E-state index contributed by atoms with van der Waals surface area (Å²) in [5, 5.41) is 11.6. The lowest BCUT2D eigenvalue weighted by molar-refractivity contribution is -0.118. The molecule has 3 N–H and O–H groups in total. The molecule has 0 aliphatic rings. The molecule has 1 aromatic carbocycles. The Balaban J connectivity index is 2.51. The number of aryl methyl sites for hydroxylation is 1. The largest absolute Gasteiger partial charge is 0.504 e. The van der Waals surface area contributed by atoms with Gasteiger partial charge in [0.1, 0.15) is 0 Å². The summed E-state index contributed by atoms with van der Waals surface area (Å²) in [5.41, 5.74) is 0.145. The molecular weight excluding hydrogens is 233 g/mol. The molecule has 1 aromatic heterocycles. The first kappa shape index (κ1) is 6.13. The van der Waals surface area contributed by atoms with Crippen LogP contribution < -0.4 is 10.1 Å². The van der Waals surface area contributed by atoms with Crippen LogP contribution in [0.3, 0.4) is 0 Å². The standard InChI is InChI=1S/C13H16N2O3/c1-8(16)14-4-3-9-7-15-11-6-12(17)13(18-2)5-10(9)11/h5-7,15,17H,3-4H2,1-2H3,(H,14,16)/i1D3,3D2,4D2,8+1. The van der Waals surface area contributed by atoms with Crippen LogP contribution in [-0.4, -0.2) is 29.6 Å². The first-order chi connectivity index (χ1) is 11.3. The fourth-order valence-corrected chi connectivity index (χ4v) is 1.56. The quantitative estimate of drug-likeness (QED) is 0.727. The maximum absolute atomic E-state index is 11.6. The van der Waals surface area contributed by atoms with Crippen molar-refractivity contribution in [3.8, 4) is 11.5 Å². The Kier molecular flexibility index (Phi) is 1.70. The van der Waals surface area contributed by atoms with Crippen molar-refractivity contribution in [1.29, 1.82) is 0 Å². The van der Waals surface area contributed by atoms with Gasteiger partial charge in [-0.15, -0.1) is 0 Å². The molecule has 0 unspecified atom stereocenters. The van der Waals surface area contributed by atoms with Crippen LogP contribution in [0, 0.1) is 0 Å². The van der Waals surface area contributed by atoms with Crippen LogP contribution >= 0.6 is 0 Å². The van der Waals surface area contributed by atoms with Crippen molar-refractivity contribution in [2.24, 2.45) is 0 Å². The fraction of sp³-hybridized carbons (Fsp3) is 0.308. The number of methoxy groups -OCH3 is 1. The number of amides is 1. The van der Waals surface area contributed by atoms with Gasteiger partial charge in [0.05, 0.1) is 7.11 Å². The number of aromatic nitrogens is 1. The second-order valence-corrected chi connectivity index (χ2v) is 3.48. The summed E-state index contributed by atoms with van der Waals surface area (Å²) in [7, 11) is 1.30. The number of hydrogen-bond acceptors (Lipinski definition) is 3. The summed E-state index contributed by atoms with van der Waals surface area (Å²) in [6.45, 7) is -6.13. The second kappa shape index (κ2) is 5.00. The van der Waals surface area contributed by atoms with E-state index in [0.717, 1.165) is 0 Å². The van der Waals surface area contributed by atoms with E-state index < -0.39 is 25.6 Å². The predicted octanol–water partition coefficient (Wildman–Crippen LogP) is 1.56. The molecule has 1 heterocycles. The van der Waals surface area contributed by atoms with Gasteiger partial charge in [-0.3, -0.25) is 4.79 Å². The molecule has 0 radical (unpaired) electrons. The molecule has 18 heavy (non-hydrogen) atoms. The third-order valence-electron chi connectivity index (χ3n) is 2.35. The molecule has 0 fully saturated rings. The number of phenolic OH excluding ortho intramolecular Hbond substituents is 1. The third kappa shape index (κ3) is 2.40. The van der Waals surface area contributed by atoms with E-state index in [1.54, 1.807) is 5.32 Å². The van der Waals surface area contributed by atoms with Gasteiger partial charge in [-0.25, -0.2) is 0 Å². The van der Waals surface area contributed by atoms with Crippen LogP contribution in [0.25, 0.3) is 10.9 Å². The Morgan fingerprint density at radius 1 is 1.67 bits per heavy atom. The zero-order chi connectivity index (χ0) is 19.2. The van der Waals surface area contributed by atoms with Crippen molar-refractivity contribution in [2.45, 2.75) is 13.2 Å². The van der Waals surface area contributed by atoms with Crippen LogP contribution in [-0.2, 0) is 11.2 Å². The number of benzene rings is 1. The lowest BCUT2D eigenvalue weighted by Gasteiger charge is -2.05. The van der Waals surface area contributed by atoms with Crippen LogP contribution in [0.2, 0.25) is 0 Å². The Morgan fingerprint density at radius 2 is 2.50 bits per heavy atom. The highest BCUT2D eigenvalue weighted by atomic mass is 16.5. The number of carbonyl (C=O) groups is 1. The Bertz CT molecular complexity index is 814. The molecule has 0 aliphatic carbocycles. The Morgan fingerprint density at radius 3 is 3.22 bits per heavy atom. The first-order valence-electron chi connectivity index (χ1n) is 8.52. The molecule has 96 valence electrons. The molecule has 2 aromatic rings. The van der Waals surface area contributed by atoms with Crippen molar-refractivity contribution in [2.75, 3.05) is 13.6 Å². The van der Waals surface area contributed by atoms with E-state index in [0.29, 0.717) is 5.52 Å². The van der Waals surface area contributed by atoms with Gasteiger partial charge in [0.2, 0.25) is 5.91 Å². The molecule has 0 bridgehead atoms. The number of fused-ring (bicyclic) bond motifs is 1. The SMILES string of the molecule is [2H]C([2H])([2H])[13C](=O)NC([2H])([2H])C([2H])([2H])c1c[nH]c2cc(O)c(OC)cc12. The number of carbonyl (C=O) groups excluding carboxylic acids is 1. The zero-order valence-electron chi connectivity index (χ0n) is 16.5. The average Bonchev–Trinajstić information content (AvgIpc) is 2.87. The third-order valence-corrected chi connectivity index (χ3v) is 2.35. The molecule has 0 spiro atoms. The monoisotopic (exact) mass is 256 g/mol. The number of rotatable bonds is 4. The minimum Gasteiger partial charge on any atom is -0.504 e. The number of hydrogen-bond donors (Lipinski definition) is 3. The average molecular weight is 256 g/mol. The summed E-state index contributed by atoms with van der Waals surface area (Å²) in [6, 6.07) is 2.60. The molecule has 5 heteroatoms. The molecule has 2 rings (SSSR count). The number of ether oxygens (including phenoxy) is 1. The molecule has 0 aliphatic heterocycles. The molecule has 0 atom stereocenters. The van der Waals surface area contributed by atoms with Crippen molar-refractivity contribution in [3.05, 3.63) is 23.9 Å². The lowest BCUT2D eigenvalue weighted by Crippen LogP contribution is -2.22. The highest BCUT2D eigenvalue weighted by Crippen LogP contribution is 2.32. The normalized spacial score (nSPS) is 18.6. The van der Waals surface area contributed by atoms with Gasteiger partial charge < -0.3 is 20.1 Å². The summed E-state index contributed by atoms with van der Waals surface area (Å²) in [6.07, 6.45) is -1.60. The number of aromatic hydroxyl groups is 1. The van der Waals surface area contributed by atoms with E-state index in [2.05, 4.69) is 4.98 Å². The number of nitrogens with one attached hydrogen (secondary N) is 2. The summed E-state index contributed by atoms with van der Waals surface area (Å²) < 4.78 is 57.8. The van der Waals surface area contributed by atoms with E-state index in [9.17, 15) is 9.90 Å². The van der Waals surface area contributed by atoms with Crippen LogP contribution in [0.5, 0.6) is 11.5 Å². The van der Waals surface area contributed by atoms with Crippen molar-refractivity contribution >= 4 is 16.8 Å². The lowest BCUT2D eigenvalue weighted by atomic mass is 10.1. The van der Waals surface area contributed by atoms with Crippen LogP contribution in [0.15, 0.2) is 18.3 Å². The maximum Gasteiger partial charge on any atom is 0.216 e. The number of phenols is 1. The van der Waals surface area contributed by atoms with Gasteiger partial charge in [0, 0.05) is 46.1 Å². The number of aromatic amines is 1. The molecule has 0 saturated heterocycles. The zero-order valence-corrected chi connectivity index (χ0v) is 9.50. The molecule has 5 nitrogen and oxygen atoms in total. The van der Waals surface area contributed by atoms with E-state index in [-0.39, 0.29) is 22.4 Å². The Labute approximate surface area is 115 Å². The van der Waals surface area contributed by atoms with Gasteiger partial charge in [0.25, 0.3) is 0 Å². The smallest absolute Gasteiger partial charge is 0.216 e. The molecule has 0 saturated carbocycles. The van der Waals surface area contributed by atoms with Crippen molar-refractivity contribution in [1.82, 2.24) is 10.3 Å². The molecule has 1 amide bonds. The Hall–Kier alpha value is -2.17. The van der Waals surface area contributed by atoms with Crippen molar-refractivity contribution in [3.63, 3.8) is 0 Å². The van der Waals surface area contributed by atoms with Gasteiger partial charge in [-0.05, 0) is 18.0 Å². The summed E-state index contributed by atoms with van der Waals surface area (Å²) in [4.78, 5) is 14.3. The van der Waals surface area contributed by atoms with E-state index in [4.69, 9.17) is 14.3 Å². The van der Waals surface area contributed by atoms with Crippen molar-refractivity contribution < 1.29 is 24.2 Å². The highest BCUT2D eigenvalue weighted by molar-refractivity contribution is 5.86. The van der Waals surface area contributed by atoms with Gasteiger partial charge in [-0.2, -0.15) is 0 Å². The van der Waals surface area contributed by atoms with Gasteiger partial charge in [-0.1, -0.05) is 0 Å². The fourth-order valence-electron chi connectivity index (χ4n) is 1.56. The van der Waals surface area contributed by atoms with Gasteiger partial charge >= 0.3 is 0 Å². The van der Waals surface area contributed by atoms with Crippen LogP contribution in [0.1, 0.15) is 22.0 Å². The maximum atomic E-state index is 11.6. The van der Waals surface area contributed by atoms with E-state index >= 15 is 0 Å². The number of H-pyrrole nitrogens is 1.